The third kappa shape index (κ3) is 2.11. The minimum absolute atomic E-state index is 0.206. The van der Waals surface area contributed by atoms with Gasteiger partial charge in [0.1, 0.15) is 0 Å². The molecular weight excluding hydrogens is 178 g/mol. The number of hydrogen-bond acceptors (Lipinski definition) is 2. The Morgan fingerprint density at radius 2 is 2.33 bits per heavy atom. The van der Waals surface area contributed by atoms with Crippen LogP contribution in [0.4, 0.5) is 4.79 Å². The highest BCUT2D eigenvalue weighted by molar-refractivity contribution is 6.62. The minimum Gasteiger partial charge on any atom is -0.377 e. The Labute approximate surface area is 77.6 Å². The summed E-state index contributed by atoms with van der Waals surface area (Å²) in [6.45, 7) is 3.35. The lowest BCUT2D eigenvalue weighted by atomic mass is 9.95. The Kier molecular flexibility index (Phi) is 2.96. The van der Waals surface area contributed by atoms with E-state index in [1.807, 2.05) is 6.92 Å². The zero-order valence-electron chi connectivity index (χ0n) is 7.47. The number of rotatable bonds is 1. The number of halogens is 1. The third-order valence-corrected chi connectivity index (χ3v) is 2.64. The van der Waals surface area contributed by atoms with Gasteiger partial charge in [0, 0.05) is 13.7 Å². The van der Waals surface area contributed by atoms with Crippen LogP contribution in [0, 0.1) is 0 Å². The molecule has 0 aromatic heterocycles. The maximum atomic E-state index is 10.8. The molecule has 0 aliphatic carbocycles. The molecule has 0 radical (unpaired) electrons. The maximum Gasteiger partial charge on any atom is 0.316 e. The second-order valence-electron chi connectivity index (χ2n) is 3.43. The van der Waals surface area contributed by atoms with E-state index < -0.39 is 0 Å². The highest BCUT2D eigenvalue weighted by atomic mass is 35.5. The smallest absolute Gasteiger partial charge is 0.316 e. The number of hydrogen-bond donors (Lipinski definition) is 0. The monoisotopic (exact) mass is 191 g/mol. The molecule has 12 heavy (non-hydrogen) atoms. The van der Waals surface area contributed by atoms with Crippen molar-refractivity contribution in [3.8, 4) is 0 Å². The van der Waals surface area contributed by atoms with Crippen molar-refractivity contribution in [3.05, 3.63) is 0 Å². The van der Waals surface area contributed by atoms with Gasteiger partial charge in [0.2, 0.25) is 0 Å². The molecule has 1 heterocycles. The van der Waals surface area contributed by atoms with Crippen LogP contribution in [0.1, 0.15) is 19.8 Å². The van der Waals surface area contributed by atoms with Gasteiger partial charge in [-0.05, 0) is 31.4 Å². The van der Waals surface area contributed by atoms with Gasteiger partial charge in [0.15, 0.2) is 0 Å². The number of amides is 1. The van der Waals surface area contributed by atoms with E-state index in [4.69, 9.17) is 16.3 Å². The summed E-state index contributed by atoms with van der Waals surface area (Å²) in [4.78, 5) is 12.5. The average molecular weight is 192 g/mol. The van der Waals surface area contributed by atoms with E-state index >= 15 is 0 Å². The minimum atomic E-state index is -0.377. The van der Waals surface area contributed by atoms with Crippen LogP contribution in [0.2, 0.25) is 0 Å². The van der Waals surface area contributed by atoms with E-state index in [1.165, 1.54) is 0 Å². The topological polar surface area (TPSA) is 29.5 Å². The summed E-state index contributed by atoms with van der Waals surface area (Å²) in [6, 6.07) is 0. The Hall–Kier alpha value is -0.280. The maximum absolute atomic E-state index is 10.8. The Morgan fingerprint density at radius 3 is 2.83 bits per heavy atom. The molecule has 3 nitrogen and oxygen atoms in total. The number of methoxy groups -OCH3 is 1. The number of nitrogens with zero attached hydrogens (tertiary/aromatic N) is 1. The second-order valence-corrected chi connectivity index (χ2v) is 3.76. The van der Waals surface area contributed by atoms with Crippen LogP contribution in [-0.2, 0) is 4.74 Å². The van der Waals surface area contributed by atoms with Crippen molar-refractivity contribution in [1.82, 2.24) is 4.90 Å². The van der Waals surface area contributed by atoms with Crippen LogP contribution in [0.3, 0.4) is 0 Å². The van der Waals surface area contributed by atoms with Gasteiger partial charge in [-0.3, -0.25) is 4.79 Å². The molecule has 1 aliphatic heterocycles. The predicted molar refractivity (Wildman–Crippen MR) is 47.5 cm³/mol. The summed E-state index contributed by atoms with van der Waals surface area (Å²) < 4.78 is 5.31. The molecule has 1 unspecified atom stereocenters. The van der Waals surface area contributed by atoms with E-state index in [0.29, 0.717) is 6.54 Å². The SMILES string of the molecule is COC1(C)CCCN(C(=O)Cl)C1. The lowest BCUT2D eigenvalue weighted by Gasteiger charge is -2.38. The van der Waals surface area contributed by atoms with Gasteiger partial charge in [0.25, 0.3) is 0 Å². The number of carbonyl (C=O) groups is 1. The first kappa shape index (κ1) is 9.81. The number of likely N-dealkylation sites (tertiary alicyclic amines) is 1. The molecule has 1 rings (SSSR count). The van der Waals surface area contributed by atoms with E-state index in [1.54, 1.807) is 12.0 Å². The quantitative estimate of drug-likeness (QED) is 0.468. The standard InChI is InChI=1S/C8H14ClNO2/c1-8(12-2)4-3-5-10(6-8)7(9)11/h3-6H2,1-2H3. The molecule has 0 bridgehead atoms. The van der Waals surface area contributed by atoms with Crippen molar-refractivity contribution in [2.75, 3.05) is 20.2 Å². The molecule has 1 amide bonds. The molecule has 0 aromatic carbocycles. The third-order valence-electron chi connectivity index (χ3n) is 2.40. The predicted octanol–water partition coefficient (Wildman–Crippen LogP) is 1.85. The van der Waals surface area contributed by atoms with Crippen molar-refractivity contribution in [2.24, 2.45) is 0 Å². The molecule has 0 spiro atoms. The second kappa shape index (κ2) is 3.62. The van der Waals surface area contributed by atoms with Crippen LogP contribution in [-0.4, -0.2) is 36.1 Å². The molecule has 0 aromatic rings. The fourth-order valence-corrected chi connectivity index (χ4v) is 1.67. The van der Waals surface area contributed by atoms with E-state index in [2.05, 4.69) is 0 Å². The number of piperidine rings is 1. The number of ether oxygens (including phenoxy) is 1. The molecule has 1 saturated heterocycles. The first-order chi connectivity index (χ1) is 5.57. The Balaban J connectivity index is 2.57. The summed E-state index contributed by atoms with van der Waals surface area (Å²) in [6.07, 6.45) is 1.95. The van der Waals surface area contributed by atoms with Crippen LogP contribution >= 0.6 is 11.6 Å². The van der Waals surface area contributed by atoms with Crippen LogP contribution < -0.4 is 0 Å². The molecule has 1 aliphatic rings. The van der Waals surface area contributed by atoms with Crippen molar-refractivity contribution < 1.29 is 9.53 Å². The van der Waals surface area contributed by atoms with Gasteiger partial charge < -0.3 is 9.64 Å². The molecular formula is C8H14ClNO2. The van der Waals surface area contributed by atoms with Crippen LogP contribution in [0.25, 0.3) is 0 Å². The van der Waals surface area contributed by atoms with Gasteiger partial charge in [0.05, 0.1) is 12.1 Å². The largest absolute Gasteiger partial charge is 0.377 e. The molecule has 70 valence electrons. The Bertz CT molecular complexity index is 186. The van der Waals surface area contributed by atoms with Crippen molar-refractivity contribution in [3.63, 3.8) is 0 Å². The lowest BCUT2D eigenvalue weighted by molar-refractivity contribution is -0.0379. The summed E-state index contributed by atoms with van der Waals surface area (Å²) in [5, 5.41) is -0.377. The van der Waals surface area contributed by atoms with Gasteiger partial charge in [-0.1, -0.05) is 0 Å². The van der Waals surface area contributed by atoms with E-state index in [9.17, 15) is 4.79 Å². The Morgan fingerprint density at radius 1 is 1.67 bits per heavy atom. The van der Waals surface area contributed by atoms with Crippen molar-refractivity contribution in [1.29, 1.82) is 0 Å². The highest BCUT2D eigenvalue weighted by Crippen LogP contribution is 2.24. The van der Waals surface area contributed by atoms with E-state index in [-0.39, 0.29) is 11.0 Å². The average Bonchev–Trinajstić information content (AvgIpc) is 2.05. The zero-order valence-corrected chi connectivity index (χ0v) is 8.23. The van der Waals surface area contributed by atoms with Gasteiger partial charge in [-0.25, -0.2) is 0 Å². The van der Waals surface area contributed by atoms with Crippen LogP contribution in [0.15, 0.2) is 0 Å². The van der Waals surface area contributed by atoms with E-state index in [0.717, 1.165) is 19.4 Å². The molecule has 1 fully saturated rings. The van der Waals surface area contributed by atoms with Gasteiger partial charge >= 0.3 is 5.37 Å². The first-order valence-corrected chi connectivity index (χ1v) is 4.45. The lowest BCUT2D eigenvalue weighted by Crippen LogP contribution is -2.48. The summed E-state index contributed by atoms with van der Waals surface area (Å²) >= 11 is 5.37. The van der Waals surface area contributed by atoms with Gasteiger partial charge in [-0.2, -0.15) is 0 Å². The summed E-state index contributed by atoms with van der Waals surface area (Å²) in [5.41, 5.74) is -0.206. The summed E-state index contributed by atoms with van der Waals surface area (Å²) in [5.74, 6) is 0. The molecule has 0 saturated carbocycles. The van der Waals surface area contributed by atoms with Gasteiger partial charge in [-0.15, -0.1) is 0 Å². The summed E-state index contributed by atoms with van der Waals surface area (Å²) in [7, 11) is 1.67. The fourth-order valence-electron chi connectivity index (χ4n) is 1.52. The molecule has 1 atom stereocenters. The number of carbonyl (C=O) groups excluding carboxylic acids is 1. The normalized spacial score (nSPS) is 30.4. The molecule has 4 heteroatoms. The van der Waals surface area contributed by atoms with Crippen LogP contribution in [0.5, 0.6) is 0 Å². The highest BCUT2D eigenvalue weighted by Gasteiger charge is 2.32. The first-order valence-electron chi connectivity index (χ1n) is 4.07. The van der Waals surface area contributed by atoms with Crippen molar-refractivity contribution >= 4 is 17.0 Å². The zero-order chi connectivity index (χ0) is 9.19. The fraction of sp³-hybridized carbons (Fsp3) is 0.875. The molecule has 0 N–H and O–H groups in total. The van der Waals surface area contributed by atoms with Crippen molar-refractivity contribution in [2.45, 2.75) is 25.4 Å².